The summed E-state index contributed by atoms with van der Waals surface area (Å²) in [6.07, 6.45) is 3.90. The van der Waals surface area contributed by atoms with Crippen molar-refractivity contribution in [2.24, 2.45) is 11.8 Å². The van der Waals surface area contributed by atoms with Gasteiger partial charge in [-0.15, -0.1) is 5.10 Å². The molecule has 1 fully saturated rings. The molecule has 0 bridgehead atoms. The van der Waals surface area contributed by atoms with Gasteiger partial charge in [-0.2, -0.15) is 0 Å². The molecular weight excluding hydrogens is 260 g/mol. The van der Waals surface area contributed by atoms with Gasteiger partial charge >= 0.3 is 5.97 Å². The summed E-state index contributed by atoms with van der Waals surface area (Å²) in [5.41, 5.74) is 0. The zero-order valence-electron chi connectivity index (χ0n) is 12.0. The number of aromatic nitrogens is 4. The molecular formula is C13H22N4O3. The van der Waals surface area contributed by atoms with E-state index in [9.17, 15) is 4.79 Å². The van der Waals surface area contributed by atoms with Crippen LogP contribution in [0.5, 0.6) is 0 Å². The molecule has 7 nitrogen and oxygen atoms in total. The second-order valence-corrected chi connectivity index (χ2v) is 5.47. The summed E-state index contributed by atoms with van der Waals surface area (Å²) < 4.78 is 7.27. The van der Waals surface area contributed by atoms with Gasteiger partial charge < -0.3 is 9.84 Å². The van der Waals surface area contributed by atoms with Gasteiger partial charge in [0.05, 0.1) is 12.0 Å². The van der Waals surface area contributed by atoms with Crippen LogP contribution >= 0.6 is 0 Å². The largest absolute Gasteiger partial charge is 0.481 e. The maximum absolute atomic E-state index is 10.8. The molecule has 112 valence electrons. The minimum Gasteiger partial charge on any atom is -0.481 e. The zero-order valence-corrected chi connectivity index (χ0v) is 12.0. The highest BCUT2D eigenvalue weighted by molar-refractivity contribution is 5.69. The molecule has 0 spiro atoms. The first-order valence-corrected chi connectivity index (χ1v) is 7.19. The van der Waals surface area contributed by atoms with Gasteiger partial charge in [0.25, 0.3) is 0 Å². The average Bonchev–Trinajstić information content (AvgIpc) is 2.80. The van der Waals surface area contributed by atoms with E-state index in [1.165, 1.54) is 0 Å². The lowest BCUT2D eigenvalue weighted by Crippen LogP contribution is -2.33. The smallest absolute Gasteiger partial charge is 0.306 e. The molecule has 1 atom stereocenters. The number of hydrogen-bond acceptors (Lipinski definition) is 5. The summed E-state index contributed by atoms with van der Waals surface area (Å²) in [7, 11) is 0. The molecule has 0 aromatic carbocycles. The first-order chi connectivity index (χ1) is 9.60. The standard InChI is InChI=1S/C13H22N4O3/c1-3-20-11-6-10(7-11)8-12-14-15-16-17(12)5-4-9(2)13(18)19/h9-11H,3-8H2,1-2H3,(H,18,19). The second kappa shape index (κ2) is 6.78. The third-order valence-electron chi connectivity index (χ3n) is 3.87. The van der Waals surface area contributed by atoms with E-state index >= 15 is 0 Å². The van der Waals surface area contributed by atoms with E-state index in [0.29, 0.717) is 25.0 Å². The molecule has 0 saturated heterocycles. The average molecular weight is 282 g/mol. The van der Waals surface area contributed by atoms with Gasteiger partial charge in [0, 0.05) is 19.6 Å². The summed E-state index contributed by atoms with van der Waals surface area (Å²) >= 11 is 0. The highest BCUT2D eigenvalue weighted by atomic mass is 16.5. The maximum Gasteiger partial charge on any atom is 0.306 e. The Balaban J connectivity index is 1.79. The monoisotopic (exact) mass is 282 g/mol. The number of ether oxygens (including phenoxy) is 1. The molecule has 1 saturated carbocycles. The van der Waals surface area contributed by atoms with Crippen molar-refractivity contribution < 1.29 is 14.6 Å². The van der Waals surface area contributed by atoms with E-state index in [1.54, 1.807) is 11.6 Å². The first kappa shape index (κ1) is 14.9. The third-order valence-corrected chi connectivity index (χ3v) is 3.87. The fraction of sp³-hybridized carbons (Fsp3) is 0.846. The fourth-order valence-corrected chi connectivity index (χ4v) is 2.45. The summed E-state index contributed by atoms with van der Waals surface area (Å²) in [6, 6.07) is 0. The van der Waals surface area contributed by atoms with Crippen molar-refractivity contribution in [3.63, 3.8) is 0 Å². The highest BCUT2D eigenvalue weighted by Crippen LogP contribution is 2.32. The van der Waals surface area contributed by atoms with Crippen LogP contribution in [0, 0.1) is 11.8 Å². The van der Waals surface area contributed by atoms with E-state index in [0.717, 1.165) is 31.7 Å². The molecule has 20 heavy (non-hydrogen) atoms. The molecule has 1 aliphatic carbocycles. The van der Waals surface area contributed by atoms with Gasteiger partial charge in [0.15, 0.2) is 5.82 Å². The lowest BCUT2D eigenvalue weighted by atomic mass is 9.80. The molecule has 0 amide bonds. The number of carbonyl (C=O) groups is 1. The lowest BCUT2D eigenvalue weighted by molar-refractivity contribution is -0.141. The van der Waals surface area contributed by atoms with E-state index in [4.69, 9.17) is 9.84 Å². The highest BCUT2D eigenvalue weighted by Gasteiger charge is 2.31. The first-order valence-electron chi connectivity index (χ1n) is 7.19. The van der Waals surface area contributed by atoms with Crippen LogP contribution < -0.4 is 0 Å². The summed E-state index contributed by atoms with van der Waals surface area (Å²) in [6.45, 7) is 5.03. The van der Waals surface area contributed by atoms with Crippen LogP contribution in [-0.2, 0) is 22.5 Å². The molecule has 0 radical (unpaired) electrons. The zero-order chi connectivity index (χ0) is 14.5. The van der Waals surface area contributed by atoms with Crippen LogP contribution in [0.25, 0.3) is 0 Å². The Morgan fingerprint density at radius 1 is 1.55 bits per heavy atom. The lowest BCUT2D eigenvalue weighted by Gasteiger charge is -2.34. The summed E-state index contributed by atoms with van der Waals surface area (Å²) in [4.78, 5) is 10.8. The Morgan fingerprint density at radius 3 is 2.95 bits per heavy atom. The minimum absolute atomic E-state index is 0.377. The van der Waals surface area contributed by atoms with E-state index in [2.05, 4.69) is 15.5 Å². The molecule has 1 aliphatic rings. The topological polar surface area (TPSA) is 90.1 Å². The Hall–Kier alpha value is -1.50. The second-order valence-electron chi connectivity index (χ2n) is 5.47. The Kier molecular flexibility index (Phi) is 5.05. The number of carboxylic acid groups (broad SMARTS) is 1. The van der Waals surface area contributed by atoms with Crippen LogP contribution in [0.2, 0.25) is 0 Å². The van der Waals surface area contributed by atoms with Crippen molar-refractivity contribution in [3.05, 3.63) is 5.82 Å². The Morgan fingerprint density at radius 2 is 2.30 bits per heavy atom. The normalized spacial score (nSPS) is 23.3. The van der Waals surface area contributed by atoms with Crippen LogP contribution in [0.3, 0.4) is 0 Å². The number of hydrogen-bond donors (Lipinski definition) is 1. The molecule has 2 rings (SSSR count). The van der Waals surface area contributed by atoms with Crippen molar-refractivity contribution in [1.82, 2.24) is 20.2 Å². The van der Waals surface area contributed by atoms with Crippen LogP contribution in [-0.4, -0.2) is 44.0 Å². The quantitative estimate of drug-likeness (QED) is 0.769. The predicted molar refractivity (Wildman–Crippen MR) is 71.1 cm³/mol. The number of aliphatic carboxylic acids is 1. The van der Waals surface area contributed by atoms with Crippen molar-refractivity contribution in [2.75, 3.05) is 6.61 Å². The van der Waals surface area contributed by atoms with E-state index < -0.39 is 5.97 Å². The van der Waals surface area contributed by atoms with Gasteiger partial charge in [0.2, 0.25) is 0 Å². The Bertz CT molecular complexity index is 443. The van der Waals surface area contributed by atoms with Gasteiger partial charge in [0.1, 0.15) is 0 Å². The molecule has 1 N–H and O–H groups in total. The maximum atomic E-state index is 10.8. The molecule has 1 aromatic heterocycles. The van der Waals surface area contributed by atoms with Gasteiger partial charge in [-0.25, -0.2) is 4.68 Å². The van der Waals surface area contributed by atoms with Crippen LogP contribution in [0.1, 0.15) is 38.9 Å². The van der Waals surface area contributed by atoms with Gasteiger partial charge in [-0.05, 0) is 42.5 Å². The van der Waals surface area contributed by atoms with Crippen LogP contribution in [0.15, 0.2) is 0 Å². The Labute approximate surface area is 118 Å². The molecule has 1 aromatic rings. The fourth-order valence-electron chi connectivity index (χ4n) is 2.45. The van der Waals surface area contributed by atoms with Crippen molar-refractivity contribution in [3.8, 4) is 0 Å². The van der Waals surface area contributed by atoms with Crippen molar-refractivity contribution in [1.29, 1.82) is 0 Å². The SMILES string of the molecule is CCOC1CC(Cc2nnnn2CCC(C)C(=O)O)C1. The summed E-state index contributed by atoms with van der Waals surface area (Å²) in [5.74, 6) is 0.270. The van der Waals surface area contributed by atoms with Gasteiger partial charge in [-0.3, -0.25) is 4.79 Å². The van der Waals surface area contributed by atoms with Crippen molar-refractivity contribution in [2.45, 2.75) is 52.2 Å². The van der Waals surface area contributed by atoms with E-state index in [1.807, 2.05) is 6.92 Å². The van der Waals surface area contributed by atoms with Gasteiger partial charge in [-0.1, -0.05) is 6.92 Å². The number of aryl methyl sites for hydroxylation is 1. The number of tetrazole rings is 1. The van der Waals surface area contributed by atoms with Crippen molar-refractivity contribution >= 4 is 5.97 Å². The minimum atomic E-state index is -0.779. The van der Waals surface area contributed by atoms with E-state index in [-0.39, 0.29) is 5.92 Å². The third kappa shape index (κ3) is 3.75. The predicted octanol–water partition coefficient (Wildman–Crippen LogP) is 1.14. The number of nitrogens with zero attached hydrogens (tertiary/aromatic N) is 4. The molecule has 1 heterocycles. The molecule has 1 unspecified atom stereocenters. The number of rotatable bonds is 8. The molecule has 0 aliphatic heterocycles. The van der Waals surface area contributed by atoms with Crippen LogP contribution in [0.4, 0.5) is 0 Å². The summed E-state index contributed by atoms with van der Waals surface area (Å²) in [5, 5.41) is 20.6. The number of carboxylic acids is 1. The molecule has 7 heteroatoms.